The van der Waals surface area contributed by atoms with E-state index in [0.717, 1.165) is 17.7 Å². The summed E-state index contributed by atoms with van der Waals surface area (Å²) in [6.07, 6.45) is 3.73. The number of hydrogen-bond donors (Lipinski definition) is 2. The van der Waals surface area contributed by atoms with Gasteiger partial charge in [-0.25, -0.2) is 0 Å². The second-order valence-corrected chi connectivity index (χ2v) is 5.08. The van der Waals surface area contributed by atoms with Crippen LogP contribution in [0.5, 0.6) is 5.75 Å². The molecule has 0 aliphatic heterocycles. The quantitative estimate of drug-likeness (QED) is 0.868. The molecular formula is C15H21N3O. The van der Waals surface area contributed by atoms with E-state index in [2.05, 4.69) is 24.3 Å². The van der Waals surface area contributed by atoms with Crippen LogP contribution in [0.4, 0.5) is 0 Å². The van der Waals surface area contributed by atoms with E-state index in [1.165, 1.54) is 0 Å². The van der Waals surface area contributed by atoms with E-state index < -0.39 is 0 Å². The van der Waals surface area contributed by atoms with Crippen LogP contribution >= 0.6 is 0 Å². The van der Waals surface area contributed by atoms with E-state index in [-0.39, 0.29) is 12.1 Å². The fourth-order valence-electron chi connectivity index (χ4n) is 2.28. The molecule has 4 nitrogen and oxygen atoms in total. The Labute approximate surface area is 114 Å². The van der Waals surface area contributed by atoms with Crippen molar-refractivity contribution < 1.29 is 5.11 Å². The van der Waals surface area contributed by atoms with Gasteiger partial charge < -0.3 is 10.4 Å². The van der Waals surface area contributed by atoms with Gasteiger partial charge in [0, 0.05) is 30.0 Å². The highest BCUT2D eigenvalue weighted by molar-refractivity contribution is 5.37. The van der Waals surface area contributed by atoms with Crippen LogP contribution in [0.25, 0.3) is 0 Å². The lowest BCUT2D eigenvalue weighted by atomic mass is 10.0. The first-order valence-electron chi connectivity index (χ1n) is 6.59. The average molecular weight is 259 g/mol. The maximum atomic E-state index is 9.97. The van der Waals surface area contributed by atoms with Crippen molar-refractivity contribution in [1.29, 1.82) is 0 Å². The summed E-state index contributed by atoms with van der Waals surface area (Å²) in [5.41, 5.74) is 2.00. The number of benzene rings is 1. The highest BCUT2D eigenvalue weighted by atomic mass is 16.3. The smallest absolute Gasteiger partial charge is 0.120 e. The molecule has 0 amide bonds. The topological polar surface area (TPSA) is 50.1 Å². The van der Waals surface area contributed by atoms with Gasteiger partial charge in [-0.2, -0.15) is 5.10 Å². The molecule has 0 saturated heterocycles. The first kappa shape index (κ1) is 13.6. The fourth-order valence-corrected chi connectivity index (χ4v) is 2.28. The Morgan fingerprint density at radius 3 is 2.79 bits per heavy atom. The molecule has 2 atom stereocenters. The van der Waals surface area contributed by atoms with Crippen molar-refractivity contribution in [2.45, 2.75) is 39.4 Å². The van der Waals surface area contributed by atoms with Crippen molar-refractivity contribution >= 4 is 0 Å². The molecular weight excluding hydrogens is 238 g/mol. The molecule has 0 fully saturated rings. The van der Waals surface area contributed by atoms with Gasteiger partial charge in [0.25, 0.3) is 0 Å². The molecule has 1 heterocycles. The molecule has 0 radical (unpaired) electrons. The molecule has 4 heteroatoms. The number of phenols is 1. The zero-order valence-corrected chi connectivity index (χ0v) is 11.7. The van der Waals surface area contributed by atoms with Gasteiger partial charge in [-0.3, -0.25) is 4.68 Å². The molecule has 0 aliphatic rings. The number of hydrogen-bond acceptors (Lipinski definition) is 3. The van der Waals surface area contributed by atoms with E-state index in [1.807, 2.05) is 36.0 Å². The lowest BCUT2D eigenvalue weighted by Crippen LogP contribution is -2.32. The second-order valence-electron chi connectivity index (χ2n) is 5.08. The predicted octanol–water partition coefficient (Wildman–Crippen LogP) is 2.64. The van der Waals surface area contributed by atoms with Gasteiger partial charge in [0.1, 0.15) is 5.75 Å². The minimum Gasteiger partial charge on any atom is -0.508 e. The standard InChI is InChI=1S/C15H21N3O/c1-11-5-6-14(15(19)9-11)13(3)17-12(2)10-18-8-4-7-16-18/h4-9,12-13,17,19H,10H2,1-3H3. The van der Waals surface area contributed by atoms with E-state index in [0.29, 0.717) is 5.75 Å². The number of aromatic nitrogens is 2. The summed E-state index contributed by atoms with van der Waals surface area (Å²) in [7, 11) is 0. The highest BCUT2D eigenvalue weighted by Crippen LogP contribution is 2.25. The number of nitrogens with zero attached hydrogens (tertiary/aromatic N) is 2. The molecule has 1 aromatic carbocycles. The van der Waals surface area contributed by atoms with E-state index in [4.69, 9.17) is 0 Å². The van der Waals surface area contributed by atoms with Gasteiger partial charge in [0.15, 0.2) is 0 Å². The molecule has 0 bridgehead atoms. The van der Waals surface area contributed by atoms with Crippen molar-refractivity contribution in [3.05, 3.63) is 47.8 Å². The van der Waals surface area contributed by atoms with Gasteiger partial charge >= 0.3 is 0 Å². The van der Waals surface area contributed by atoms with Crippen molar-refractivity contribution in [1.82, 2.24) is 15.1 Å². The van der Waals surface area contributed by atoms with Crippen molar-refractivity contribution in [3.8, 4) is 5.75 Å². The summed E-state index contributed by atoms with van der Waals surface area (Å²) < 4.78 is 1.90. The molecule has 2 unspecified atom stereocenters. The SMILES string of the molecule is Cc1ccc(C(C)NC(C)Cn2cccn2)c(O)c1. The van der Waals surface area contributed by atoms with E-state index in [9.17, 15) is 5.11 Å². The van der Waals surface area contributed by atoms with Crippen LogP contribution in [-0.2, 0) is 6.54 Å². The number of nitrogens with one attached hydrogen (secondary N) is 1. The molecule has 2 aromatic rings. The highest BCUT2D eigenvalue weighted by Gasteiger charge is 2.13. The summed E-state index contributed by atoms with van der Waals surface area (Å²) in [6.45, 7) is 6.96. The molecule has 2 N–H and O–H groups in total. The molecule has 0 aliphatic carbocycles. The minimum absolute atomic E-state index is 0.103. The first-order valence-corrected chi connectivity index (χ1v) is 6.59. The Kier molecular flexibility index (Phi) is 4.22. The van der Waals surface area contributed by atoms with Crippen LogP contribution in [0, 0.1) is 6.92 Å². The van der Waals surface area contributed by atoms with Crippen molar-refractivity contribution in [2.75, 3.05) is 0 Å². The second kappa shape index (κ2) is 5.89. The zero-order chi connectivity index (χ0) is 13.8. The van der Waals surface area contributed by atoms with Gasteiger partial charge in [-0.15, -0.1) is 0 Å². The van der Waals surface area contributed by atoms with Crippen LogP contribution in [-0.4, -0.2) is 20.9 Å². The van der Waals surface area contributed by atoms with Gasteiger partial charge in [-0.05, 0) is 38.5 Å². The third-order valence-corrected chi connectivity index (χ3v) is 3.21. The third kappa shape index (κ3) is 3.58. The van der Waals surface area contributed by atoms with Gasteiger partial charge in [0.2, 0.25) is 0 Å². The Morgan fingerprint density at radius 1 is 1.37 bits per heavy atom. The summed E-state index contributed by atoms with van der Waals surface area (Å²) >= 11 is 0. The minimum atomic E-state index is 0.103. The van der Waals surface area contributed by atoms with Crippen LogP contribution in [0.1, 0.15) is 31.0 Å². The number of rotatable bonds is 5. The molecule has 0 spiro atoms. The molecule has 0 saturated carbocycles. The summed E-state index contributed by atoms with van der Waals surface area (Å²) in [5.74, 6) is 0.353. The first-order chi connectivity index (χ1) is 9.06. The predicted molar refractivity (Wildman–Crippen MR) is 76.1 cm³/mol. The van der Waals surface area contributed by atoms with Crippen molar-refractivity contribution in [2.24, 2.45) is 0 Å². The zero-order valence-electron chi connectivity index (χ0n) is 11.7. The lowest BCUT2D eigenvalue weighted by molar-refractivity contribution is 0.399. The summed E-state index contributed by atoms with van der Waals surface area (Å²) in [5, 5.41) is 17.6. The van der Waals surface area contributed by atoms with Crippen molar-refractivity contribution in [3.63, 3.8) is 0 Å². The summed E-state index contributed by atoms with van der Waals surface area (Å²) in [4.78, 5) is 0. The number of aromatic hydroxyl groups is 1. The molecule has 1 aromatic heterocycles. The normalized spacial score (nSPS) is 14.3. The van der Waals surface area contributed by atoms with E-state index >= 15 is 0 Å². The maximum Gasteiger partial charge on any atom is 0.120 e. The Morgan fingerprint density at radius 2 is 2.16 bits per heavy atom. The molecule has 102 valence electrons. The number of phenolic OH excluding ortho intramolecular Hbond substituents is 1. The van der Waals surface area contributed by atoms with Gasteiger partial charge in [0.05, 0.1) is 6.54 Å². The molecule has 2 rings (SSSR count). The van der Waals surface area contributed by atoms with Crippen LogP contribution in [0.2, 0.25) is 0 Å². The largest absolute Gasteiger partial charge is 0.508 e. The fraction of sp³-hybridized carbons (Fsp3) is 0.400. The summed E-state index contributed by atoms with van der Waals surface area (Å²) in [6, 6.07) is 8.09. The van der Waals surface area contributed by atoms with E-state index in [1.54, 1.807) is 12.3 Å². The Bertz CT molecular complexity index is 522. The average Bonchev–Trinajstić information content (AvgIpc) is 2.81. The Hall–Kier alpha value is -1.81. The van der Waals surface area contributed by atoms with Crippen LogP contribution < -0.4 is 5.32 Å². The molecule has 19 heavy (non-hydrogen) atoms. The van der Waals surface area contributed by atoms with Crippen LogP contribution in [0.3, 0.4) is 0 Å². The van der Waals surface area contributed by atoms with Crippen LogP contribution in [0.15, 0.2) is 36.7 Å². The van der Waals surface area contributed by atoms with Gasteiger partial charge in [-0.1, -0.05) is 12.1 Å². The number of aryl methyl sites for hydroxylation is 1. The lowest BCUT2D eigenvalue weighted by Gasteiger charge is -2.21. The Balaban J connectivity index is 1.98. The maximum absolute atomic E-state index is 9.97. The third-order valence-electron chi connectivity index (χ3n) is 3.21. The monoisotopic (exact) mass is 259 g/mol.